The summed E-state index contributed by atoms with van der Waals surface area (Å²) >= 11 is 4.14. The van der Waals surface area contributed by atoms with Crippen molar-refractivity contribution in [2.24, 2.45) is 0 Å². The first kappa shape index (κ1) is 24.1. The van der Waals surface area contributed by atoms with Crippen molar-refractivity contribution in [2.75, 3.05) is 0 Å². The monoisotopic (exact) mass is 434 g/mol. The van der Waals surface area contributed by atoms with Gasteiger partial charge in [-0.05, 0) is 0 Å². The Kier molecular flexibility index (Phi) is 130. The predicted molar refractivity (Wildman–Crippen MR) is 11.5 cm³/mol. The molecule has 0 heterocycles. The summed E-state index contributed by atoms with van der Waals surface area (Å²) in [4.78, 5) is 0. The quantitative estimate of drug-likeness (QED) is 0.440. The fourth-order valence-electron chi connectivity index (χ4n) is 0. The van der Waals surface area contributed by atoms with Crippen molar-refractivity contribution in [3.8, 4) is 0 Å². The van der Waals surface area contributed by atoms with E-state index < -0.39 is 0 Å². The van der Waals surface area contributed by atoms with Gasteiger partial charge in [-0.15, -0.1) is 0 Å². The predicted octanol–water partition coefficient (Wildman–Crippen LogP) is -0.769. The van der Waals surface area contributed by atoms with Gasteiger partial charge in [-0.1, -0.05) is 0 Å². The Morgan fingerprint density at radius 3 is 1.20 bits per heavy atom. The second-order valence-electron chi connectivity index (χ2n) is 0. The molecule has 0 aliphatic rings. The SMILES string of the molecule is [Ag].[Cu].[Se]=[Sn].[Zn]. The summed E-state index contributed by atoms with van der Waals surface area (Å²) in [6, 6.07) is 0. The van der Waals surface area contributed by atoms with Crippen LogP contribution in [0.3, 0.4) is 0 Å². The zero-order valence-electron chi connectivity index (χ0n) is 2.22. The van der Waals surface area contributed by atoms with Crippen LogP contribution in [0.5, 0.6) is 0 Å². The summed E-state index contributed by atoms with van der Waals surface area (Å²) in [5, 5.41) is 0. The van der Waals surface area contributed by atoms with Crippen LogP contribution in [0.15, 0.2) is 0 Å². The summed E-state index contributed by atoms with van der Waals surface area (Å²) < 4.78 is 0. The van der Waals surface area contributed by atoms with Crippen molar-refractivity contribution in [3.05, 3.63) is 0 Å². The van der Waals surface area contributed by atoms with E-state index in [1.807, 2.05) is 0 Å². The standard InChI is InChI=1S/Ag.Cu.Se.Sn.Zn. The van der Waals surface area contributed by atoms with Gasteiger partial charge in [0, 0.05) is 58.9 Å². The van der Waals surface area contributed by atoms with E-state index in [0.29, 0.717) is 0 Å². The van der Waals surface area contributed by atoms with Crippen LogP contribution in [0.4, 0.5) is 0 Å². The molecule has 0 N–H and O–H groups in total. The van der Waals surface area contributed by atoms with Crippen molar-refractivity contribution < 1.29 is 58.9 Å². The van der Waals surface area contributed by atoms with Crippen molar-refractivity contribution >= 4 is 31.9 Å². The second kappa shape index (κ2) is 27.0. The zero-order valence-corrected chi connectivity index (χ0v) is 12.2. The van der Waals surface area contributed by atoms with Crippen molar-refractivity contribution in [1.82, 2.24) is 0 Å². The molecule has 5 heteroatoms. The fourth-order valence-corrected chi connectivity index (χ4v) is 0. The average Bonchev–Trinajstić information content (AvgIpc) is 1.00. The molecule has 0 fully saturated rings. The van der Waals surface area contributed by atoms with Gasteiger partial charge in [-0.25, -0.2) is 0 Å². The third kappa shape index (κ3) is 19.0. The molecular formula is AgCuSeSnZn. The van der Waals surface area contributed by atoms with Gasteiger partial charge in [0.25, 0.3) is 0 Å². The Morgan fingerprint density at radius 1 is 1.20 bits per heavy atom. The van der Waals surface area contributed by atoms with E-state index in [1.165, 1.54) is 19.7 Å². The molecule has 0 saturated heterocycles. The minimum absolute atomic E-state index is 0. The normalized spacial score (nSPS) is 0.800. The number of hydrogen-bond acceptors (Lipinski definition) is 0. The summed E-state index contributed by atoms with van der Waals surface area (Å²) in [7, 11) is 0. The molecule has 34 valence electrons. The Morgan fingerprint density at radius 2 is 1.20 bits per heavy atom. The van der Waals surface area contributed by atoms with E-state index in [9.17, 15) is 0 Å². The summed E-state index contributed by atoms with van der Waals surface area (Å²) in [5.41, 5.74) is 0. The molecule has 0 aliphatic carbocycles. The molecule has 0 aromatic rings. The molecule has 0 aromatic heterocycles. The van der Waals surface area contributed by atoms with Gasteiger partial charge in [0.15, 0.2) is 0 Å². The molecular weight excluding hydrogens is 434 g/mol. The van der Waals surface area contributed by atoms with Crippen LogP contribution in [0.1, 0.15) is 0 Å². The maximum atomic E-state index is 2.72. The number of hydrogen-bond donors (Lipinski definition) is 0. The molecule has 0 spiro atoms. The Hall–Kier alpha value is 3.20. The third-order valence-corrected chi connectivity index (χ3v) is 0. The molecule has 0 rings (SSSR count). The molecule has 0 unspecified atom stereocenters. The van der Waals surface area contributed by atoms with Crippen LogP contribution in [0.25, 0.3) is 0 Å². The molecule has 4 radical (unpaired) electrons. The van der Waals surface area contributed by atoms with E-state index in [0.717, 1.165) is 0 Å². The van der Waals surface area contributed by atoms with Crippen LogP contribution < -0.4 is 0 Å². The Balaban J connectivity index is -0.00000000167. The van der Waals surface area contributed by atoms with Crippen LogP contribution in [0.2, 0.25) is 0 Å². The van der Waals surface area contributed by atoms with E-state index >= 15 is 0 Å². The van der Waals surface area contributed by atoms with E-state index in [2.05, 4.69) is 12.2 Å². The van der Waals surface area contributed by atoms with Crippen molar-refractivity contribution in [3.63, 3.8) is 0 Å². The van der Waals surface area contributed by atoms with Crippen molar-refractivity contribution in [1.29, 1.82) is 0 Å². The van der Waals surface area contributed by atoms with Crippen LogP contribution in [-0.2, 0) is 58.9 Å². The largest absolute Gasteiger partial charge is 0 e. The van der Waals surface area contributed by atoms with Gasteiger partial charge in [-0.3, -0.25) is 0 Å². The van der Waals surface area contributed by atoms with Gasteiger partial charge in [0.1, 0.15) is 0 Å². The van der Waals surface area contributed by atoms with Crippen molar-refractivity contribution in [2.45, 2.75) is 0 Å². The smallest absolute Gasteiger partial charge is 0 e. The molecule has 0 atom stereocenters. The first-order chi connectivity index (χ1) is 1.00. The summed E-state index contributed by atoms with van der Waals surface area (Å²) in [6.07, 6.45) is 0. The van der Waals surface area contributed by atoms with Gasteiger partial charge in [0.05, 0.1) is 0 Å². The van der Waals surface area contributed by atoms with Gasteiger partial charge >= 0.3 is 31.9 Å². The molecule has 0 saturated carbocycles. The van der Waals surface area contributed by atoms with E-state index in [-0.39, 0.29) is 58.9 Å². The first-order valence-electron chi connectivity index (χ1n) is 0.204. The molecule has 0 aromatic carbocycles. The summed E-state index contributed by atoms with van der Waals surface area (Å²) in [6.45, 7) is 0. The second-order valence-corrected chi connectivity index (χ2v) is 0. The molecule has 0 aliphatic heterocycles. The van der Waals surface area contributed by atoms with Gasteiger partial charge in [-0.2, -0.15) is 0 Å². The zero-order chi connectivity index (χ0) is 2.00. The van der Waals surface area contributed by atoms with Crippen LogP contribution in [0, 0.1) is 0 Å². The minimum Gasteiger partial charge on any atom is 0 e. The Bertz CT molecular complexity index is 11.6. The minimum atomic E-state index is 0. The van der Waals surface area contributed by atoms with E-state index in [4.69, 9.17) is 0 Å². The molecule has 0 nitrogen and oxygen atoms in total. The van der Waals surface area contributed by atoms with Gasteiger partial charge in [0.2, 0.25) is 0 Å². The molecule has 5 heavy (non-hydrogen) atoms. The molecule has 0 bridgehead atoms. The fraction of sp³-hybridized carbons (Fsp3) is 0. The first-order valence-corrected chi connectivity index (χ1v) is 7.12. The Labute approximate surface area is 89.1 Å². The van der Waals surface area contributed by atoms with Crippen LogP contribution >= 0.6 is 0 Å². The number of rotatable bonds is 0. The molecule has 0 amide bonds. The van der Waals surface area contributed by atoms with E-state index in [1.54, 1.807) is 0 Å². The van der Waals surface area contributed by atoms with Gasteiger partial charge < -0.3 is 0 Å². The van der Waals surface area contributed by atoms with Crippen LogP contribution in [-0.4, -0.2) is 31.9 Å². The third-order valence-electron chi connectivity index (χ3n) is 0. The average molecular weight is 434 g/mol. The maximum Gasteiger partial charge on any atom is 0 e. The topological polar surface area (TPSA) is 0 Å². The maximum absolute atomic E-state index is 2.72. The summed E-state index contributed by atoms with van der Waals surface area (Å²) in [5.74, 6) is 0.